The van der Waals surface area contributed by atoms with E-state index in [1.165, 1.54) is 12.1 Å². The van der Waals surface area contributed by atoms with Gasteiger partial charge in [-0.1, -0.05) is 59.9 Å². The average Bonchev–Trinajstić information content (AvgIpc) is 2.52. The molecule has 0 saturated heterocycles. The normalized spacial score (nSPS) is 13.8. The van der Waals surface area contributed by atoms with Crippen molar-refractivity contribution in [3.8, 4) is 0 Å². The molecule has 2 rings (SSSR count). The first-order valence-electron chi connectivity index (χ1n) is 6.67. The van der Waals surface area contributed by atoms with E-state index in [2.05, 4.69) is 5.09 Å². The van der Waals surface area contributed by atoms with Crippen LogP contribution in [0.4, 0.5) is 13.2 Å². The minimum Gasteiger partial charge on any atom is -0.780 e. The molecule has 124 valence electrons. The van der Waals surface area contributed by atoms with Crippen molar-refractivity contribution in [1.29, 1.82) is 0 Å². The number of hydrogen-bond donors (Lipinski definition) is 1. The van der Waals surface area contributed by atoms with E-state index >= 15 is 0 Å². The third-order valence-electron chi connectivity index (χ3n) is 2.98. The molecule has 1 atom stereocenters. The maximum atomic E-state index is 12.6. The van der Waals surface area contributed by atoms with E-state index < -0.39 is 18.5 Å². The van der Waals surface area contributed by atoms with Crippen LogP contribution in [0.3, 0.4) is 0 Å². The Labute approximate surface area is 164 Å². The van der Waals surface area contributed by atoms with Crippen molar-refractivity contribution in [2.75, 3.05) is 0 Å². The number of alkyl halides is 3. The molecule has 0 aliphatic carbocycles. The summed E-state index contributed by atoms with van der Waals surface area (Å²) in [6, 6.07) is 13.6. The van der Waals surface area contributed by atoms with Crippen molar-refractivity contribution in [1.82, 2.24) is 5.09 Å². The van der Waals surface area contributed by atoms with Gasteiger partial charge in [-0.15, -0.1) is 0 Å². The Morgan fingerprint density at radius 3 is 2.29 bits per heavy atom. The summed E-state index contributed by atoms with van der Waals surface area (Å²) in [4.78, 5) is 11.9. The van der Waals surface area contributed by atoms with Gasteiger partial charge in [-0.2, -0.15) is 13.2 Å². The summed E-state index contributed by atoms with van der Waals surface area (Å²) in [5, 5.41) is 2.32. The molecule has 0 heterocycles. The van der Waals surface area contributed by atoms with Crippen LogP contribution in [-0.4, -0.2) is 0 Å². The fraction of sp³-hybridized carbons (Fsp3) is 0.200. The Morgan fingerprint density at radius 2 is 1.67 bits per heavy atom. The summed E-state index contributed by atoms with van der Waals surface area (Å²) in [6.45, 7) is -4.12. The smallest absolute Gasteiger partial charge is 0.780 e. The summed E-state index contributed by atoms with van der Waals surface area (Å²) in [5.41, 5.74) is 0.320. The number of halogens is 3. The molecule has 0 bridgehead atoms. The molecule has 24 heavy (non-hydrogen) atoms. The molecule has 0 amide bonds. The van der Waals surface area contributed by atoms with E-state index in [0.717, 1.165) is 29.1 Å². The van der Waals surface area contributed by atoms with E-state index in [4.69, 9.17) is 0 Å². The molecule has 0 aliphatic rings. The molecular formula is C15H14F3NNaO2PS. The first-order chi connectivity index (χ1) is 10.8. The second kappa shape index (κ2) is 9.43. The van der Waals surface area contributed by atoms with Gasteiger partial charge in [0, 0.05) is 12.3 Å². The summed E-state index contributed by atoms with van der Waals surface area (Å²) in [6.07, 6.45) is -4.45. The van der Waals surface area contributed by atoms with Gasteiger partial charge < -0.3 is 9.46 Å². The monoisotopic (exact) mass is 383 g/mol. The van der Waals surface area contributed by atoms with Crippen LogP contribution in [0.2, 0.25) is 0 Å². The summed E-state index contributed by atoms with van der Waals surface area (Å²) in [7, 11) is 0. The Hall–Kier alpha value is -0.270. The average molecular weight is 383 g/mol. The molecule has 0 saturated carbocycles. The summed E-state index contributed by atoms with van der Waals surface area (Å²) in [5.74, 6) is 0.275. The first-order valence-corrected chi connectivity index (χ1v) is 9.89. The molecule has 0 aromatic heterocycles. The molecule has 2 aromatic rings. The van der Waals surface area contributed by atoms with E-state index in [1.54, 1.807) is 12.1 Å². The van der Waals surface area contributed by atoms with Crippen LogP contribution in [0.15, 0.2) is 54.6 Å². The van der Waals surface area contributed by atoms with E-state index in [-0.39, 0.29) is 47.4 Å². The van der Waals surface area contributed by atoms with Crippen LogP contribution >= 0.6 is 18.1 Å². The van der Waals surface area contributed by atoms with Gasteiger partial charge in [-0.25, -0.2) is 0 Å². The minimum absolute atomic E-state index is 0. The largest absolute Gasteiger partial charge is 1.00 e. The number of rotatable bonds is 6. The van der Waals surface area contributed by atoms with Gasteiger partial charge in [0.1, 0.15) is 6.72 Å². The second-order valence-corrected chi connectivity index (χ2v) is 8.86. The zero-order valence-corrected chi connectivity index (χ0v) is 16.6. The van der Waals surface area contributed by atoms with Crippen molar-refractivity contribution >= 4 is 18.1 Å². The maximum absolute atomic E-state index is 12.6. The fourth-order valence-corrected chi connectivity index (χ4v) is 4.23. The minimum atomic E-state index is -4.45. The van der Waals surface area contributed by atoms with Crippen molar-refractivity contribution in [2.24, 2.45) is 0 Å². The molecule has 0 fully saturated rings. The maximum Gasteiger partial charge on any atom is 1.00 e. The van der Waals surface area contributed by atoms with Gasteiger partial charge in [0.05, 0.1) is 5.56 Å². The fourth-order valence-electron chi connectivity index (χ4n) is 1.83. The molecule has 1 N–H and O–H groups in total. The molecule has 2 aromatic carbocycles. The Kier molecular flexibility index (Phi) is 8.56. The predicted octanol–water partition coefficient (Wildman–Crippen LogP) is 1.20. The van der Waals surface area contributed by atoms with Crippen molar-refractivity contribution in [3.05, 3.63) is 71.3 Å². The van der Waals surface area contributed by atoms with Crippen LogP contribution in [0.5, 0.6) is 0 Å². The molecule has 1 unspecified atom stereocenters. The Bertz CT molecular complexity index is 701. The van der Waals surface area contributed by atoms with Gasteiger partial charge >= 0.3 is 35.7 Å². The van der Waals surface area contributed by atoms with Crippen LogP contribution in [-0.2, 0) is 23.0 Å². The third-order valence-corrected chi connectivity index (χ3v) is 6.12. The van der Waals surface area contributed by atoms with Crippen molar-refractivity contribution in [3.63, 3.8) is 0 Å². The molecule has 0 radical (unpaired) electrons. The van der Waals surface area contributed by atoms with Crippen molar-refractivity contribution < 1.29 is 52.2 Å². The van der Waals surface area contributed by atoms with Gasteiger partial charge in [-0.05, 0) is 17.2 Å². The van der Waals surface area contributed by atoms with Crippen LogP contribution < -0.4 is 39.5 Å². The van der Waals surface area contributed by atoms with E-state index in [9.17, 15) is 22.6 Å². The van der Waals surface area contributed by atoms with E-state index in [1.807, 2.05) is 18.2 Å². The van der Waals surface area contributed by atoms with Crippen LogP contribution in [0.25, 0.3) is 0 Å². The second-order valence-electron chi connectivity index (χ2n) is 4.79. The molecular weight excluding hydrogens is 369 g/mol. The van der Waals surface area contributed by atoms with Gasteiger partial charge in [-0.3, -0.25) is 5.09 Å². The SMILES string of the molecule is O=P([O-])(NCc1cccc(C(F)(F)F)c1)SCc1ccccc1.[Na+]. The predicted molar refractivity (Wildman–Crippen MR) is 83.6 cm³/mol. The quantitative estimate of drug-likeness (QED) is 0.602. The van der Waals surface area contributed by atoms with Gasteiger partial charge in [0.15, 0.2) is 0 Å². The molecule has 3 nitrogen and oxygen atoms in total. The number of benzene rings is 2. The Balaban J connectivity index is 0.00000288. The third kappa shape index (κ3) is 7.31. The Morgan fingerprint density at radius 1 is 1.04 bits per heavy atom. The number of hydrogen-bond acceptors (Lipinski definition) is 3. The van der Waals surface area contributed by atoms with Crippen molar-refractivity contribution in [2.45, 2.75) is 18.5 Å². The summed E-state index contributed by atoms with van der Waals surface area (Å²) < 4.78 is 49.7. The molecule has 0 spiro atoms. The van der Waals surface area contributed by atoms with Crippen LogP contribution in [0, 0.1) is 0 Å². The topological polar surface area (TPSA) is 52.2 Å². The zero-order chi connectivity index (χ0) is 16.9. The van der Waals surface area contributed by atoms with E-state index in [0.29, 0.717) is 0 Å². The van der Waals surface area contributed by atoms with Gasteiger partial charge in [0.2, 0.25) is 0 Å². The van der Waals surface area contributed by atoms with Gasteiger partial charge in [0.25, 0.3) is 0 Å². The van der Waals surface area contributed by atoms with Crippen LogP contribution in [0.1, 0.15) is 16.7 Å². The molecule has 9 heteroatoms. The molecule has 0 aliphatic heterocycles. The standard InChI is InChI=1S/C15H15F3NO2PS.Na/c16-15(17,18)14-8-4-7-13(9-14)10-19-22(20,21)23-11-12-5-2-1-3-6-12;/h1-9H,10-11H2,(H2,19,20,21);/q;+1/p-1. The zero-order valence-electron chi connectivity index (χ0n) is 12.9. The number of nitrogens with one attached hydrogen (secondary N) is 1. The summed E-state index contributed by atoms with van der Waals surface area (Å²) >= 11 is 0.727. The first kappa shape index (κ1) is 21.8.